The van der Waals surface area contributed by atoms with E-state index in [4.69, 9.17) is 11.6 Å². The van der Waals surface area contributed by atoms with Gasteiger partial charge < -0.3 is 4.90 Å². The van der Waals surface area contributed by atoms with Crippen molar-refractivity contribution < 1.29 is 4.79 Å². The summed E-state index contributed by atoms with van der Waals surface area (Å²) in [6.45, 7) is 3.99. The molecule has 4 aliphatic carbocycles. The van der Waals surface area contributed by atoms with E-state index in [-0.39, 0.29) is 10.8 Å². The van der Waals surface area contributed by atoms with Gasteiger partial charge in [0.2, 0.25) is 5.91 Å². The third-order valence-electron chi connectivity index (χ3n) is 6.97. The van der Waals surface area contributed by atoms with E-state index in [0.717, 1.165) is 43.7 Å². The summed E-state index contributed by atoms with van der Waals surface area (Å²) < 4.78 is 0. The third-order valence-corrected chi connectivity index (χ3v) is 7.32. The lowest BCUT2D eigenvalue weighted by Crippen LogP contribution is -2.55. The van der Waals surface area contributed by atoms with Crippen molar-refractivity contribution in [1.29, 1.82) is 0 Å². The van der Waals surface area contributed by atoms with Gasteiger partial charge >= 0.3 is 0 Å². The zero-order valence-electron chi connectivity index (χ0n) is 13.2. The van der Waals surface area contributed by atoms with E-state index in [1.165, 1.54) is 38.5 Å². The summed E-state index contributed by atoms with van der Waals surface area (Å²) >= 11 is 6.24. The summed E-state index contributed by atoms with van der Waals surface area (Å²) in [5.74, 6) is 3.70. The Morgan fingerprint density at radius 1 is 1.05 bits per heavy atom. The highest BCUT2D eigenvalue weighted by molar-refractivity contribution is 6.20. The largest absolute Gasteiger partial charge is 0.342 e. The predicted molar refractivity (Wildman–Crippen MR) is 85.2 cm³/mol. The number of alkyl halides is 1. The summed E-state index contributed by atoms with van der Waals surface area (Å²) in [7, 11) is 0. The number of halogens is 1. The lowest BCUT2D eigenvalue weighted by molar-refractivity contribution is -0.159. The van der Waals surface area contributed by atoms with Gasteiger partial charge in [-0.1, -0.05) is 0 Å². The van der Waals surface area contributed by atoms with Gasteiger partial charge in [0.1, 0.15) is 0 Å². The maximum Gasteiger partial charge on any atom is 0.228 e. The minimum atomic E-state index is 0.0498. The van der Waals surface area contributed by atoms with E-state index >= 15 is 0 Å². The summed E-state index contributed by atoms with van der Waals surface area (Å²) in [6, 6.07) is 0. The molecule has 5 fully saturated rings. The molecule has 1 amide bonds. The van der Waals surface area contributed by atoms with Crippen molar-refractivity contribution in [1.82, 2.24) is 4.90 Å². The minimum Gasteiger partial charge on any atom is -0.342 e. The van der Waals surface area contributed by atoms with Crippen LogP contribution in [-0.4, -0.2) is 29.3 Å². The molecule has 4 bridgehead atoms. The number of hydrogen-bond donors (Lipinski definition) is 0. The van der Waals surface area contributed by atoms with Gasteiger partial charge in [0, 0.05) is 18.5 Å². The molecular formula is C18H28ClNO. The average Bonchev–Trinajstić information content (AvgIpc) is 2.45. The van der Waals surface area contributed by atoms with Crippen LogP contribution in [0, 0.1) is 29.1 Å². The molecule has 0 radical (unpaired) electrons. The first-order valence-corrected chi connectivity index (χ1v) is 9.43. The molecule has 0 spiro atoms. The normalized spacial score (nSPS) is 44.1. The van der Waals surface area contributed by atoms with Gasteiger partial charge in [-0.3, -0.25) is 4.79 Å². The van der Waals surface area contributed by atoms with Crippen LogP contribution in [0.15, 0.2) is 0 Å². The van der Waals surface area contributed by atoms with Crippen molar-refractivity contribution in [3.8, 4) is 0 Å². The molecule has 1 atom stereocenters. The van der Waals surface area contributed by atoms with Crippen LogP contribution >= 0.6 is 11.6 Å². The van der Waals surface area contributed by atoms with Crippen LogP contribution in [0.1, 0.15) is 58.3 Å². The van der Waals surface area contributed by atoms with Crippen molar-refractivity contribution >= 4 is 17.5 Å². The molecule has 1 aliphatic heterocycles. The van der Waals surface area contributed by atoms with E-state index < -0.39 is 0 Å². The quantitative estimate of drug-likeness (QED) is 0.704. The molecule has 0 aromatic rings. The first-order chi connectivity index (χ1) is 10.1. The highest BCUT2D eigenvalue weighted by atomic mass is 35.5. The van der Waals surface area contributed by atoms with Gasteiger partial charge in [0.15, 0.2) is 0 Å². The Bertz CT molecular complexity index is 390. The second-order valence-electron chi connectivity index (χ2n) is 8.51. The smallest absolute Gasteiger partial charge is 0.228 e. The molecule has 21 heavy (non-hydrogen) atoms. The highest BCUT2D eigenvalue weighted by Crippen LogP contribution is 2.60. The Hall–Kier alpha value is -0.240. The summed E-state index contributed by atoms with van der Waals surface area (Å²) in [5, 5.41) is 0.252. The molecule has 3 heteroatoms. The number of likely N-dealkylation sites (tertiary alicyclic amines) is 1. The average molecular weight is 310 g/mol. The van der Waals surface area contributed by atoms with Crippen LogP contribution in [0.5, 0.6) is 0 Å². The van der Waals surface area contributed by atoms with Crippen molar-refractivity contribution in [3.63, 3.8) is 0 Å². The van der Waals surface area contributed by atoms with Gasteiger partial charge in [-0.2, -0.15) is 0 Å². The van der Waals surface area contributed by atoms with E-state index in [1.807, 2.05) is 0 Å². The first kappa shape index (κ1) is 14.4. The Morgan fingerprint density at radius 3 is 1.95 bits per heavy atom. The van der Waals surface area contributed by atoms with Crippen molar-refractivity contribution in [2.45, 2.75) is 63.7 Å². The van der Waals surface area contributed by atoms with Gasteiger partial charge in [-0.25, -0.2) is 0 Å². The Kier molecular flexibility index (Phi) is 3.52. The maximum atomic E-state index is 13.2. The molecule has 0 aromatic carbocycles. The molecule has 0 aromatic heterocycles. The van der Waals surface area contributed by atoms with Crippen LogP contribution in [0.25, 0.3) is 0 Å². The predicted octanol–water partition coefficient (Wildman–Crippen LogP) is 4.07. The van der Waals surface area contributed by atoms with Gasteiger partial charge in [-0.05, 0) is 82.0 Å². The number of carbonyl (C=O) groups is 1. The number of piperidine rings is 1. The molecule has 1 unspecified atom stereocenters. The highest BCUT2D eigenvalue weighted by Gasteiger charge is 2.55. The van der Waals surface area contributed by atoms with Crippen LogP contribution in [-0.2, 0) is 4.79 Å². The van der Waals surface area contributed by atoms with E-state index in [1.54, 1.807) is 0 Å². The monoisotopic (exact) mass is 309 g/mol. The molecule has 1 heterocycles. The minimum absolute atomic E-state index is 0.0498. The number of nitrogens with zero attached hydrogens (tertiary/aromatic N) is 1. The molecule has 5 rings (SSSR count). The fraction of sp³-hybridized carbons (Fsp3) is 0.944. The number of hydrogen-bond acceptors (Lipinski definition) is 1. The molecule has 1 saturated heterocycles. The summed E-state index contributed by atoms with van der Waals surface area (Å²) in [6.07, 6.45) is 10.0. The lowest BCUT2D eigenvalue weighted by Gasteiger charge is -2.57. The molecule has 4 saturated carbocycles. The zero-order valence-corrected chi connectivity index (χ0v) is 13.9. The van der Waals surface area contributed by atoms with Crippen molar-refractivity contribution in [2.24, 2.45) is 29.1 Å². The standard InChI is InChI=1S/C18H28ClNO/c1-12(19)16-2-4-20(5-3-16)17(21)18-9-13-6-14(10-18)8-15(7-13)11-18/h12-16H,2-11H2,1H3. The van der Waals surface area contributed by atoms with E-state index in [0.29, 0.717) is 11.8 Å². The van der Waals surface area contributed by atoms with Crippen molar-refractivity contribution in [3.05, 3.63) is 0 Å². The second kappa shape index (κ2) is 5.15. The van der Waals surface area contributed by atoms with Crippen LogP contribution in [0.4, 0.5) is 0 Å². The number of rotatable bonds is 2. The van der Waals surface area contributed by atoms with E-state index in [9.17, 15) is 4.79 Å². The number of amides is 1. The van der Waals surface area contributed by atoms with Crippen LogP contribution in [0.2, 0.25) is 0 Å². The van der Waals surface area contributed by atoms with E-state index in [2.05, 4.69) is 11.8 Å². The zero-order chi connectivity index (χ0) is 14.6. The molecule has 2 nitrogen and oxygen atoms in total. The Balaban J connectivity index is 1.46. The van der Waals surface area contributed by atoms with Gasteiger partial charge in [0.05, 0.1) is 5.41 Å². The lowest BCUT2D eigenvalue weighted by atomic mass is 9.49. The summed E-state index contributed by atoms with van der Waals surface area (Å²) in [5.41, 5.74) is 0.0498. The molecule has 5 aliphatic rings. The fourth-order valence-electron chi connectivity index (χ4n) is 6.27. The molecular weight excluding hydrogens is 282 g/mol. The molecule has 0 N–H and O–H groups in total. The third kappa shape index (κ3) is 2.42. The SMILES string of the molecule is CC(Cl)C1CCN(C(=O)C23CC4CC(CC(C4)C2)C3)CC1. The van der Waals surface area contributed by atoms with Gasteiger partial charge in [-0.15, -0.1) is 11.6 Å². The second-order valence-corrected chi connectivity index (χ2v) is 9.19. The van der Waals surface area contributed by atoms with Crippen LogP contribution < -0.4 is 0 Å². The fourth-order valence-corrected chi connectivity index (χ4v) is 6.52. The maximum absolute atomic E-state index is 13.2. The van der Waals surface area contributed by atoms with Gasteiger partial charge in [0.25, 0.3) is 0 Å². The van der Waals surface area contributed by atoms with Crippen LogP contribution in [0.3, 0.4) is 0 Å². The Morgan fingerprint density at radius 2 is 1.52 bits per heavy atom. The summed E-state index contributed by atoms with van der Waals surface area (Å²) in [4.78, 5) is 15.4. The Labute approximate surface area is 133 Å². The topological polar surface area (TPSA) is 20.3 Å². The first-order valence-electron chi connectivity index (χ1n) is 8.99. The molecule has 118 valence electrons. The number of carbonyl (C=O) groups excluding carboxylic acids is 1. The van der Waals surface area contributed by atoms with Crippen molar-refractivity contribution in [2.75, 3.05) is 13.1 Å².